The summed E-state index contributed by atoms with van der Waals surface area (Å²) in [5, 5.41) is 9.26. The maximum Gasteiger partial charge on any atom is 0.332 e. The normalized spacial score (nSPS) is 23.6. The smallest absolute Gasteiger partial charge is 0.332 e. The lowest BCUT2D eigenvalue weighted by molar-refractivity contribution is -0.149. The molecular weight excluding hydrogens is 246 g/mol. The fraction of sp³-hybridized carbons (Fsp3) is 0.455. The Morgan fingerprint density at radius 1 is 1.59 bits per heavy atom. The molecule has 1 fully saturated rings. The first kappa shape index (κ1) is 12.1. The van der Waals surface area contributed by atoms with Crippen molar-refractivity contribution in [3.63, 3.8) is 0 Å². The largest absolute Gasteiger partial charge is 0.489 e. The number of carboxylic acid groups (broad SMARTS) is 1. The molecule has 0 aliphatic carbocycles. The number of nitrogens with zero attached hydrogens (tertiary/aromatic N) is 1. The molecule has 6 heteroatoms. The van der Waals surface area contributed by atoms with E-state index < -0.39 is 12.1 Å². The summed E-state index contributed by atoms with van der Waals surface area (Å²) in [4.78, 5) is 14.6. The Morgan fingerprint density at radius 2 is 2.41 bits per heavy atom. The van der Waals surface area contributed by atoms with E-state index in [4.69, 9.17) is 26.2 Å². The van der Waals surface area contributed by atoms with Gasteiger partial charge in [-0.3, -0.25) is 4.98 Å². The van der Waals surface area contributed by atoms with Gasteiger partial charge in [-0.25, -0.2) is 4.79 Å². The SMILES string of the molecule is O=C(O)C1CCC(COc2cncc(Cl)c2)O1. The molecule has 1 aliphatic heterocycles. The Hall–Kier alpha value is -1.33. The zero-order chi connectivity index (χ0) is 12.3. The summed E-state index contributed by atoms with van der Waals surface area (Å²) in [7, 11) is 0. The molecule has 2 unspecified atom stereocenters. The molecule has 1 aromatic heterocycles. The molecule has 0 bridgehead atoms. The second kappa shape index (κ2) is 5.33. The number of ether oxygens (including phenoxy) is 2. The van der Waals surface area contributed by atoms with E-state index in [1.165, 1.54) is 6.20 Å². The lowest BCUT2D eigenvalue weighted by Crippen LogP contribution is -2.23. The number of aliphatic carboxylic acids is 1. The first-order valence-corrected chi connectivity index (χ1v) is 5.64. The Labute approximate surface area is 103 Å². The van der Waals surface area contributed by atoms with Crippen LogP contribution in [0.4, 0.5) is 0 Å². The molecule has 0 spiro atoms. The number of pyridine rings is 1. The molecule has 92 valence electrons. The van der Waals surface area contributed by atoms with Crippen LogP contribution in [0.25, 0.3) is 0 Å². The lowest BCUT2D eigenvalue weighted by Gasteiger charge is -2.12. The molecule has 2 rings (SSSR count). The monoisotopic (exact) mass is 257 g/mol. The topological polar surface area (TPSA) is 68.7 Å². The summed E-state index contributed by atoms with van der Waals surface area (Å²) in [6.07, 6.45) is 3.38. The summed E-state index contributed by atoms with van der Waals surface area (Å²) in [6, 6.07) is 1.65. The minimum absolute atomic E-state index is 0.185. The number of carbonyl (C=O) groups is 1. The van der Waals surface area contributed by atoms with E-state index in [9.17, 15) is 4.79 Å². The third kappa shape index (κ3) is 3.31. The molecule has 17 heavy (non-hydrogen) atoms. The fourth-order valence-corrected chi connectivity index (χ4v) is 1.83. The van der Waals surface area contributed by atoms with E-state index in [0.717, 1.165) is 0 Å². The summed E-state index contributed by atoms with van der Waals surface area (Å²) < 4.78 is 10.7. The van der Waals surface area contributed by atoms with Crippen LogP contribution in [0.5, 0.6) is 5.75 Å². The highest BCUT2D eigenvalue weighted by atomic mass is 35.5. The standard InChI is InChI=1S/C11H12ClNO4/c12-7-3-9(5-13-4-7)16-6-8-1-2-10(17-8)11(14)15/h3-5,8,10H,1-2,6H2,(H,14,15). The van der Waals surface area contributed by atoms with Crippen LogP contribution >= 0.6 is 11.6 Å². The van der Waals surface area contributed by atoms with Crippen molar-refractivity contribution in [3.05, 3.63) is 23.5 Å². The highest BCUT2D eigenvalue weighted by Gasteiger charge is 2.30. The van der Waals surface area contributed by atoms with E-state index in [0.29, 0.717) is 30.2 Å². The maximum absolute atomic E-state index is 10.7. The van der Waals surface area contributed by atoms with Gasteiger partial charge >= 0.3 is 5.97 Å². The van der Waals surface area contributed by atoms with Crippen molar-refractivity contribution in [2.45, 2.75) is 25.0 Å². The van der Waals surface area contributed by atoms with Gasteiger partial charge in [0, 0.05) is 12.3 Å². The first-order chi connectivity index (χ1) is 8.15. The molecule has 1 aliphatic rings. The summed E-state index contributed by atoms with van der Waals surface area (Å²) in [6.45, 7) is 0.311. The van der Waals surface area contributed by atoms with Gasteiger partial charge in [0.05, 0.1) is 17.3 Å². The van der Waals surface area contributed by atoms with Gasteiger partial charge in [0.2, 0.25) is 0 Å². The summed E-state index contributed by atoms with van der Waals surface area (Å²) >= 11 is 5.75. The van der Waals surface area contributed by atoms with E-state index in [1.54, 1.807) is 12.3 Å². The molecule has 0 radical (unpaired) electrons. The second-order valence-corrected chi connectivity index (χ2v) is 4.25. The molecule has 1 N–H and O–H groups in total. The lowest BCUT2D eigenvalue weighted by atomic mass is 10.2. The van der Waals surface area contributed by atoms with Crippen molar-refractivity contribution in [1.82, 2.24) is 4.98 Å². The molecule has 5 nitrogen and oxygen atoms in total. The van der Waals surface area contributed by atoms with Crippen molar-refractivity contribution in [3.8, 4) is 5.75 Å². The van der Waals surface area contributed by atoms with Crippen LogP contribution in [0.3, 0.4) is 0 Å². The number of hydrogen-bond acceptors (Lipinski definition) is 4. The van der Waals surface area contributed by atoms with Gasteiger partial charge < -0.3 is 14.6 Å². The molecule has 2 atom stereocenters. The van der Waals surface area contributed by atoms with E-state index in [-0.39, 0.29) is 6.10 Å². The number of aromatic nitrogens is 1. The molecule has 0 amide bonds. The van der Waals surface area contributed by atoms with E-state index in [1.807, 2.05) is 0 Å². The van der Waals surface area contributed by atoms with Crippen molar-refractivity contribution in [1.29, 1.82) is 0 Å². The molecule has 0 aromatic carbocycles. The predicted octanol–water partition coefficient (Wildman–Crippen LogP) is 1.75. The maximum atomic E-state index is 10.7. The van der Waals surface area contributed by atoms with Gasteiger partial charge in [0.1, 0.15) is 12.4 Å². The van der Waals surface area contributed by atoms with Gasteiger partial charge in [-0.2, -0.15) is 0 Å². The Balaban J connectivity index is 1.82. The molecule has 1 saturated heterocycles. The fourth-order valence-electron chi connectivity index (χ4n) is 1.67. The van der Waals surface area contributed by atoms with Crippen LogP contribution in [0.2, 0.25) is 5.02 Å². The Bertz CT molecular complexity index is 412. The van der Waals surface area contributed by atoms with Crippen LogP contribution in [-0.4, -0.2) is 34.9 Å². The number of hydrogen-bond donors (Lipinski definition) is 1. The van der Waals surface area contributed by atoms with Gasteiger partial charge in [-0.15, -0.1) is 0 Å². The number of carboxylic acids is 1. The quantitative estimate of drug-likeness (QED) is 0.890. The van der Waals surface area contributed by atoms with Crippen LogP contribution in [0.15, 0.2) is 18.5 Å². The highest BCUT2D eigenvalue weighted by Crippen LogP contribution is 2.21. The summed E-state index contributed by atoms with van der Waals surface area (Å²) in [5.74, 6) is -0.364. The Kier molecular flexibility index (Phi) is 3.81. The van der Waals surface area contributed by atoms with Crippen LogP contribution in [-0.2, 0) is 9.53 Å². The van der Waals surface area contributed by atoms with E-state index in [2.05, 4.69) is 4.98 Å². The average molecular weight is 258 g/mol. The van der Waals surface area contributed by atoms with E-state index >= 15 is 0 Å². The van der Waals surface area contributed by atoms with Gasteiger partial charge in [0.25, 0.3) is 0 Å². The predicted molar refractivity (Wildman–Crippen MR) is 60.3 cm³/mol. The summed E-state index contributed by atoms with van der Waals surface area (Å²) in [5.41, 5.74) is 0. The minimum atomic E-state index is -0.920. The minimum Gasteiger partial charge on any atom is -0.489 e. The first-order valence-electron chi connectivity index (χ1n) is 5.27. The van der Waals surface area contributed by atoms with Crippen LogP contribution < -0.4 is 4.74 Å². The molecule has 2 heterocycles. The zero-order valence-corrected chi connectivity index (χ0v) is 9.76. The van der Waals surface area contributed by atoms with Crippen molar-refractivity contribution in [2.24, 2.45) is 0 Å². The third-order valence-corrected chi connectivity index (χ3v) is 2.71. The molecule has 0 saturated carbocycles. The zero-order valence-electron chi connectivity index (χ0n) is 9.01. The van der Waals surface area contributed by atoms with Gasteiger partial charge in [0.15, 0.2) is 6.10 Å². The number of halogens is 1. The van der Waals surface area contributed by atoms with Gasteiger partial charge in [-0.1, -0.05) is 11.6 Å². The molecule has 1 aromatic rings. The third-order valence-electron chi connectivity index (χ3n) is 2.50. The van der Waals surface area contributed by atoms with Gasteiger partial charge in [-0.05, 0) is 12.8 Å². The van der Waals surface area contributed by atoms with Crippen molar-refractivity contribution < 1.29 is 19.4 Å². The average Bonchev–Trinajstić information content (AvgIpc) is 2.75. The Morgan fingerprint density at radius 3 is 3.06 bits per heavy atom. The number of rotatable bonds is 4. The van der Waals surface area contributed by atoms with Crippen molar-refractivity contribution in [2.75, 3.05) is 6.61 Å². The highest BCUT2D eigenvalue weighted by molar-refractivity contribution is 6.30. The van der Waals surface area contributed by atoms with Crippen molar-refractivity contribution >= 4 is 17.6 Å². The van der Waals surface area contributed by atoms with Crippen LogP contribution in [0.1, 0.15) is 12.8 Å². The second-order valence-electron chi connectivity index (χ2n) is 3.81. The van der Waals surface area contributed by atoms with Crippen LogP contribution in [0, 0.1) is 0 Å². The molecular formula is C11H12ClNO4.